The zero-order valence-corrected chi connectivity index (χ0v) is 14.3. The molecule has 1 amide bonds. The highest BCUT2D eigenvalue weighted by Crippen LogP contribution is 2.49. The number of aromatic nitrogens is 2. The van der Waals surface area contributed by atoms with Crippen LogP contribution in [0.15, 0.2) is 18.2 Å². The van der Waals surface area contributed by atoms with E-state index >= 15 is 0 Å². The molecule has 1 aromatic carbocycles. The van der Waals surface area contributed by atoms with Crippen molar-refractivity contribution in [2.24, 2.45) is 24.8 Å². The zero-order valence-electron chi connectivity index (χ0n) is 13.6. The summed E-state index contributed by atoms with van der Waals surface area (Å²) in [5, 5.41) is 12.8. The number of amides is 1. The number of hydrogen-bond acceptors (Lipinski definition) is 3. The number of rotatable bonds is 3. The Morgan fingerprint density at radius 1 is 1.39 bits per heavy atom. The Kier molecular flexibility index (Phi) is 3.22. The van der Waals surface area contributed by atoms with Crippen molar-refractivity contribution in [2.75, 3.05) is 13.1 Å². The summed E-state index contributed by atoms with van der Waals surface area (Å²) >= 11 is 6.30. The van der Waals surface area contributed by atoms with Gasteiger partial charge in [-0.1, -0.05) is 23.7 Å². The van der Waals surface area contributed by atoms with Crippen molar-refractivity contribution in [3.63, 3.8) is 0 Å². The fraction of sp³-hybridized carbons (Fsp3) is 0.529. The van der Waals surface area contributed by atoms with Gasteiger partial charge >= 0.3 is 0 Å². The van der Waals surface area contributed by atoms with Crippen molar-refractivity contribution in [1.82, 2.24) is 20.4 Å². The molecular formula is C17H21ClN4O. The van der Waals surface area contributed by atoms with Gasteiger partial charge in [-0.3, -0.25) is 9.48 Å². The van der Waals surface area contributed by atoms with E-state index in [9.17, 15) is 4.79 Å². The van der Waals surface area contributed by atoms with Crippen LogP contribution in [0.25, 0.3) is 10.9 Å². The number of piperidine rings is 1. The summed E-state index contributed by atoms with van der Waals surface area (Å²) in [4.78, 5) is 12.6. The third-order valence-corrected chi connectivity index (χ3v) is 5.54. The lowest BCUT2D eigenvalue weighted by Crippen LogP contribution is -2.43. The SMILES string of the molecule is Cn1nc(C(C)(C)NC(=O)C2C3CNC[C@H]32)c2cccc(Cl)c21. The molecule has 1 aromatic heterocycles. The molecule has 1 aliphatic heterocycles. The van der Waals surface area contributed by atoms with Crippen molar-refractivity contribution in [3.8, 4) is 0 Å². The molecular weight excluding hydrogens is 312 g/mol. The number of carbonyl (C=O) groups is 1. The summed E-state index contributed by atoms with van der Waals surface area (Å²) in [6, 6.07) is 5.79. The van der Waals surface area contributed by atoms with Gasteiger partial charge in [-0.15, -0.1) is 0 Å². The van der Waals surface area contributed by atoms with Gasteiger partial charge in [-0.25, -0.2) is 0 Å². The quantitative estimate of drug-likeness (QED) is 0.904. The number of carbonyl (C=O) groups excluding carboxylic acids is 1. The molecule has 1 saturated heterocycles. The summed E-state index contributed by atoms with van der Waals surface area (Å²) in [5.41, 5.74) is 1.22. The molecule has 5 nitrogen and oxygen atoms in total. The molecule has 1 aliphatic carbocycles. The number of para-hydroxylation sites is 1. The summed E-state index contributed by atoms with van der Waals surface area (Å²) in [6.07, 6.45) is 0. The molecule has 2 heterocycles. The van der Waals surface area contributed by atoms with Crippen molar-refractivity contribution in [1.29, 1.82) is 0 Å². The first-order valence-electron chi connectivity index (χ1n) is 8.04. The molecule has 6 heteroatoms. The Bertz CT molecular complexity index is 787. The third-order valence-electron chi connectivity index (χ3n) is 5.24. The second-order valence-corrected chi connectivity index (χ2v) is 7.64. The van der Waals surface area contributed by atoms with E-state index in [2.05, 4.69) is 15.7 Å². The predicted molar refractivity (Wildman–Crippen MR) is 90.2 cm³/mol. The number of benzene rings is 1. The van der Waals surface area contributed by atoms with Gasteiger partial charge in [0, 0.05) is 18.4 Å². The van der Waals surface area contributed by atoms with Crippen LogP contribution in [0.5, 0.6) is 0 Å². The third kappa shape index (κ3) is 2.25. The van der Waals surface area contributed by atoms with Gasteiger partial charge in [0.15, 0.2) is 0 Å². The number of halogens is 1. The maximum absolute atomic E-state index is 12.6. The van der Waals surface area contributed by atoms with E-state index in [1.165, 1.54) is 0 Å². The Morgan fingerprint density at radius 3 is 2.78 bits per heavy atom. The average molecular weight is 333 g/mol. The minimum Gasteiger partial charge on any atom is -0.345 e. The summed E-state index contributed by atoms with van der Waals surface area (Å²) in [7, 11) is 1.88. The minimum absolute atomic E-state index is 0.146. The minimum atomic E-state index is -0.536. The van der Waals surface area contributed by atoms with E-state index in [0.717, 1.165) is 29.7 Å². The van der Waals surface area contributed by atoms with E-state index in [-0.39, 0.29) is 11.8 Å². The van der Waals surface area contributed by atoms with Crippen LogP contribution in [-0.2, 0) is 17.4 Å². The maximum atomic E-state index is 12.6. The highest BCUT2D eigenvalue weighted by molar-refractivity contribution is 6.35. The van der Waals surface area contributed by atoms with E-state index in [1.807, 2.05) is 39.1 Å². The first-order chi connectivity index (χ1) is 10.9. The fourth-order valence-electron chi connectivity index (χ4n) is 4.01. The molecule has 2 N–H and O–H groups in total. The Hall–Kier alpha value is -1.59. The molecule has 0 spiro atoms. The molecule has 2 aliphatic rings. The van der Waals surface area contributed by atoms with E-state index < -0.39 is 5.54 Å². The highest BCUT2D eigenvalue weighted by atomic mass is 35.5. The van der Waals surface area contributed by atoms with E-state index in [0.29, 0.717) is 16.9 Å². The predicted octanol–water partition coefficient (Wildman–Crippen LogP) is 2.04. The smallest absolute Gasteiger partial charge is 0.224 e. The van der Waals surface area contributed by atoms with Crippen LogP contribution >= 0.6 is 11.6 Å². The lowest BCUT2D eigenvalue weighted by atomic mass is 9.96. The Balaban J connectivity index is 1.64. The van der Waals surface area contributed by atoms with Crippen molar-refractivity contribution in [2.45, 2.75) is 19.4 Å². The van der Waals surface area contributed by atoms with Crippen LogP contribution in [0.1, 0.15) is 19.5 Å². The normalized spacial score (nSPS) is 26.3. The molecule has 2 unspecified atom stereocenters. The lowest BCUT2D eigenvalue weighted by Gasteiger charge is -2.25. The van der Waals surface area contributed by atoms with Gasteiger partial charge in [0.1, 0.15) is 0 Å². The largest absolute Gasteiger partial charge is 0.345 e. The van der Waals surface area contributed by atoms with Gasteiger partial charge in [0.05, 0.1) is 21.8 Å². The summed E-state index contributed by atoms with van der Waals surface area (Å²) in [6.45, 7) is 5.94. The van der Waals surface area contributed by atoms with Gasteiger partial charge in [-0.05, 0) is 44.8 Å². The Morgan fingerprint density at radius 2 is 2.09 bits per heavy atom. The number of hydrogen-bond donors (Lipinski definition) is 2. The maximum Gasteiger partial charge on any atom is 0.224 e. The molecule has 1 saturated carbocycles. The molecule has 2 fully saturated rings. The first-order valence-corrected chi connectivity index (χ1v) is 8.42. The number of nitrogens with one attached hydrogen (secondary N) is 2. The van der Waals surface area contributed by atoms with Crippen molar-refractivity contribution < 1.29 is 4.79 Å². The molecule has 4 rings (SSSR count). The van der Waals surface area contributed by atoms with Crippen LogP contribution < -0.4 is 10.6 Å². The average Bonchev–Trinajstić information content (AvgIpc) is 2.81. The molecule has 122 valence electrons. The van der Waals surface area contributed by atoms with Crippen molar-refractivity contribution >= 4 is 28.4 Å². The molecule has 0 radical (unpaired) electrons. The summed E-state index contributed by atoms with van der Waals surface area (Å²) in [5.74, 6) is 1.34. The fourth-order valence-corrected chi connectivity index (χ4v) is 4.31. The standard InChI is InChI=1S/C17H21ClN4O/c1-17(2,20-16(23)13-10-7-19-8-11(10)13)15-9-5-4-6-12(18)14(9)22(3)21-15/h4-6,10-11,13,19H,7-8H2,1-3H3,(H,20,23)/t10-,11?,13?/m1/s1. The van der Waals surface area contributed by atoms with Gasteiger partial charge < -0.3 is 10.6 Å². The summed E-state index contributed by atoms with van der Waals surface area (Å²) < 4.78 is 1.79. The first kappa shape index (κ1) is 15.0. The van der Waals surface area contributed by atoms with Crippen LogP contribution in [-0.4, -0.2) is 28.8 Å². The highest BCUT2D eigenvalue weighted by Gasteiger charge is 2.57. The molecule has 3 atom stereocenters. The molecule has 0 bridgehead atoms. The van der Waals surface area contributed by atoms with Gasteiger partial charge in [-0.2, -0.15) is 5.10 Å². The van der Waals surface area contributed by atoms with Gasteiger partial charge in [0.25, 0.3) is 0 Å². The number of fused-ring (bicyclic) bond motifs is 2. The van der Waals surface area contributed by atoms with E-state index in [1.54, 1.807) is 4.68 Å². The molecule has 2 aromatic rings. The molecule has 23 heavy (non-hydrogen) atoms. The monoisotopic (exact) mass is 332 g/mol. The zero-order chi connectivity index (χ0) is 16.4. The van der Waals surface area contributed by atoms with Crippen LogP contribution in [0.2, 0.25) is 5.02 Å². The number of aryl methyl sites for hydroxylation is 1. The second-order valence-electron chi connectivity index (χ2n) is 7.23. The van der Waals surface area contributed by atoms with Crippen molar-refractivity contribution in [3.05, 3.63) is 28.9 Å². The van der Waals surface area contributed by atoms with E-state index in [4.69, 9.17) is 11.6 Å². The van der Waals surface area contributed by atoms with Crippen LogP contribution in [0.3, 0.4) is 0 Å². The second kappa shape index (κ2) is 4.95. The van der Waals surface area contributed by atoms with Crippen LogP contribution in [0, 0.1) is 17.8 Å². The Labute approximate surface area is 140 Å². The topological polar surface area (TPSA) is 59.0 Å². The number of nitrogens with zero attached hydrogens (tertiary/aromatic N) is 2. The van der Waals surface area contributed by atoms with Crippen LogP contribution in [0.4, 0.5) is 0 Å². The lowest BCUT2D eigenvalue weighted by molar-refractivity contribution is -0.124. The van der Waals surface area contributed by atoms with Gasteiger partial charge in [0.2, 0.25) is 5.91 Å².